The first-order valence-electron chi connectivity index (χ1n) is 7.35. The van der Waals surface area contributed by atoms with E-state index in [1.807, 2.05) is 19.6 Å². The van der Waals surface area contributed by atoms with Crippen LogP contribution in [0, 0.1) is 0 Å². The number of nitrogens with zero attached hydrogens (tertiary/aromatic N) is 1. The van der Waals surface area contributed by atoms with Crippen molar-refractivity contribution >= 4 is 31.5 Å². The van der Waals surface area contributed by atoms with Gasteiger partial charge in [0.2, 0.25) is 0 Å². The van der Waals surface area contributed by atoms with Gasteiger partial charge in [-0.1, -0.05) is 6.07 Å². The van der Waals surface area contributed by atoms with Gasteiger partial charge in [0, 0.05) is 14.2 Å². The minimum absolute atomic E-state index is 0.0560. The Morgan fingerprint density at radius 1 is 1.35 bits per heavy atom. The van der Waals surface area contributed by atoms with Gasteiger partial charge in [0.15, 0.2) is 8.32 Å². The summed E-state index contributed by atoms with van der Waals surface area (Å²) in [7, 11) is 0.802. The monoisotopic (exact) mass is 359 g/mol. The van der Waals surface area contributed by atoms with E-state index in [1.54, 1.807) is 31.5 Å². The summed E-state index contributed by atoms with van der Waals surface area (Å²) in [6.07, 6.45) is 0. The van der Waals surface area contributed by atoms with Gasteiger partial charge in [-0.05, 0) is 38.0 Å². The van der Waals surface area contributed by atoms with Crippen molar-refractivity contribution < 1.29 is 23.5 Å². The van der Waals surface area contributed by atoms with Crippen molar-refractivity contribution in [3.8, 4) is 0 Å². The van der Waals surface area contributed by atoms with E-state index in [9.17, 15) is 9.59 Å². The molecule has 0 spiro atoms. The lowest BCUT2D eigenvalue weighted by molar-refractivity contribution is -0.176. The van der Waals surface area contributed by atoms with Crippen molar-refractivity contribution in [1.29, 1.82) is 0 Å². The van der Waals surface area contributed by atoms with Gasteiger partial charge >= 0.3 is 5.97 Å². The smallest absolute Gasteiger partial charge is 0.353 e. The highest BCUT2D eigenvalue weighted by molar-refractivity contribution is 7.10. The normalized spacial score (nSPS) is 14.2. The summed E-state index contributed by atoms with van der Waals surface area (Å²) in [5.74, 6) is -1.17. The fourth-order valence-corrected chi connectivity index (χ4v) is 4.23. The third-order valence-electron chi connectivity index (χ3n) is 2.86. The van der Waals surface area contributed by atoms with Crippen molar-refractivity contribution in [1.82, 2.24) is 4.90 Å². The summed E-state index contributed by atoms with van der Waals surface area (Å²) in [6, 6.07) is 3.51. The van der Waals surface area contributed by atoms with Crippen LogP contribution in [0.25, 0.3) is 0 Å². The first-order valence-corrected chi connectivity index (χ1v) is 11.6. The Bertz CT molecular complexity index is 528. The maximum atomic E-state index is 13.1. The molecular formula is C15H25NO5SSi. The molecule has 1 rings (SSSR count). The van der Waals surface area contributed by atoms with E-state index in [-0.39, 0.29) is 13.3 Å². The van der Waals surface area contributed by atoms with Gasteiger partial charge in [0.25, 0.3) is 11.5 Å². The van der Waals surface area contributed by atoms with Crippen molar-refractivity contribution in [2.45, 2.75) is 32.2 Å². The number of methoxy groups -OCH3 is 1. The minimum Gasteiger partial charge on any atom is -0.463 e. The Morgan fingerprint density at radius 3 is 2.43 bits per heavy atom. The highest BCUT2D eigenvalue weighted by Crippen LogP contribution is 2.36. The van der Waals surface area contributed by atoms with E-state index in [2.05, 4.69) is 0 Å². The molecule has 23 heavy (non-hydrogen) atoms. The highest BCUT2D eigenvalue weighted by Gasteiger charge is 2.55. The number of ether oxygens (including phenoxy) is 2. The molecule has 0 aromatic carbocycles. The molecule has 6 nitrogen and oxygen atoms in total. The summed E-state index contributed by atoms with van der Waals surface area (Å²) in [5, 5.41) is 1.81. The molecule has 130 valence electrons. The number of rotatable bonds is 8. The van der Waals surface area contributed by atoms with Crippen LogP contribution in [0.4, 0.5) is 0 Å². The topological polar surface area (TPSA) is 65.1 Å². The molecule has 0 fully saturated rings. The molecule has 1 aromatic heterocycles. The lowest BCUT2D eigenvalue weighted by Gasteiger charge is -2.37. The molecule has 0 aliphatic rings. The van der Waals surface area contributed by atoms with Crippen molar-refractivity contribution in [2.75, 3.05) is 27.5 Å². The van der Waals surface area contributed by atoms with Crippen LogP contribution >= 0.6 is 11.3 Å². The summed E-state index contributed by atoms with van der Waals surface area (Å²) in [4.78, 5) is 27.7. The zero-order chi connectivity index (χ0) is 17.7. The fraction of sp³-hybridized carbons (Fsp3) is 0.600. The highest BCUT2D eigenvalue weighted by atomic mass is 32.1. The van der Waals surface area contributed by atoms with Crippen LogP contribution in [0.2, 0.25) is 19.6 Å². The number of amides is 1. The molecule has 0 radical (unpaired) electrons. The van der Waals surface area contributed by atoms with E-state index in [0.717, 1.165) is 0 Å². The van der Waals surface area contributed by atoms with Gasteiger partial charge < -0.3 is 18.8 Å². The number of thiophene rings is 1. The number of esters is 1. The van der Waals surface area contributed by atoms with Crippen LogP contribution in [0.15, 0.2) is 17.5 Å². The third kappa shape index (κ3) is 4.63. The first kappa shape index (κ1) is 19.8. The molecule has 0 aliphatic heterocycles. The number of carbonyl (C=O) groups excluding carboxylic acids is 2. The molecule has 1 heterocycles. The molecule has 1 unspecified atom stereocenters. The Labute approximate surface area is 142 Å². The average Bonchev–Trinajstić information content (AvgIpc) is 2.97. The minimum atomic E-state index is -2.25. The quantitative estimate of drug-likeness (QED) is 0.309. The third-order valence-corrected chi connectivity index (χ3v) is 4.75. The molecule has 0 saturated heterocycles. The van der Waals surface area contributed by atoms with Gasteiger partial charge in [-0.15, -0.1) is 11.3 Å². The average molecular weight is 360 g/mol. The number of carbonyl (C=O) groups is 2. The van der Waals surface area contributed by atoms with Crippen molar-refractivity contribution in [3.05, 3.63) is 22.4 Å². The maximum Gasteiger partial charge on any atom is 0.353 e. The van der Waals surface area contributed by atoms with Crippen LogP contribution in [0.3, 0.4) is 0 Å². The van der Waals surface area contributed by atoms with E-state index in [1.165, 1.54) is 23.3 Å². The molecule has 0 aliphatic carbocycles. The van der Waals surface area contributed by atoms with E-state index in [4.69, 9.17) is 13.9 Å². The number of likely N-dealkylation sites (N-methyl/N-ethyl adjacent to an activating group) is 1. The number of hydrogen-bond acceptors (Lipinski definition) is 6. The van der Waals surface area contributed by atoms with Gasteiger partial charge in [-0.2, -0.15) is 0 Å². The number of hydrogen-bond donors (Lipinski definition) is 0. The molecule has 1 amide bonds. The Kier molecular flexibility index (Phi) is 6.94. The SMILES string of the molecule is CCOC(=O)C(O[Si](C)(C)C)(C(=O)N(C)COC)c1cccs1. The largest absolute Gasteiger partial charge is 0.463 e. The summed E-state index contributed by atoms with van der Waals surface area (Å²) < 4.78 is 16.4. The van der Waals surface area contributed by atoms with E-state index in [0.29, 0.717) is 4.88 Å². The van der Waals surface area contributed by atoms with Crippen LogP contribution in [-0.4, -0.2) is 52.6 Å². The molecule has 1 aromatic rings. The first-order chi connectivity index (χ1) is 10.7. The van der Waals surface area contributed by atoms with Gasteiger partial charge in [-0.3, -0.25) is 4.79 Å². The zero-order valence-corrected chi connectivity index (χ0v) is 16.4. The van der Waals surface area contributed by atoms with Gasteiger partial charge in [0.1, 0.15) is 6.73 Å². The lowest BCUT2D eigenvalue weighted by Crippen LogP contribution is -2.57. The summed E-state index contributed by atoms with van der Waals surface area (Å²) in [6.45, 7) is 7.71. The summed E-state index contributed by atoms with van der Waals surface area (Å²) in [5.41, 5.74) is -1.78. The zero-order valence-electron chi connectivity index (χ0n) is 14.5. The molecule has 1 atom stereocenters. The van der Waals surface area contributed by atoms with Crippen LogP contribution in [0.1, 0.15) is 11.8 Å². The predicted octanol–water partition coefficient (Wildman–Crippen LogP) is 2.42. The van der Waals surface area contributed by atoms with E-state index < -0.39 is 25.8 Å². The Hall–Kier alpha value is -1.22. The molecule has 0 saturated carbocycles. The Morgan fingerprint density at radius 2 is 2.00 bits per heavy atom. The Balaban J connectivity index is 3.46. The molecular weight excluding hydrogens is 334 g/mol. The second kappa shape index (κ2) is 8.05. The predicted molar refractivity (Wildman–Crippen MR) is 91.7 cm³/mol. The fourth-order valence-electron chi connectivity index (χ4n) is 2.12. The molecule has 0 bridgehead atoms. The van der Waals surface area contributed by atoms with Gasteiger partial charge in [0.05, 0.1) is 11.5 Å². The van der Waals surface area contributed by atoms with Crippen molar-refractivity contribution in [3.63, 3.8) is 0 Å². The molecule has 0 N–H and O–H groups in total. The summed E-state index contributed by atoms with van der Waals surface area (Å²) >= 11 is 1.30. The van der Waals surface area contributed by atoms with Gasteiger partial charge in [-0.25, -0.2) is 4.79 Å². The van der Waals surface area contributed by atoms with E-state index >= 15 is 0 Å². The maximum absolute atomic E-state index is 13.1. The lowest BCUT2D eigenvalue weighted by atomic mass is 10.0. The van der Waals surface area contributed by atoms with Crippen molar-refractivity contribution in [2.24, 2.45) is 0 Å². The molecule has 8 heteroatoms. The standard InChI is InChI=1S/C15H25NO5SSi/c1-7-20-14(18)15(21-23(4,5)6,12-9-8-10-22-12)13(17)16(2)11-19-3/h8-10H,7,11H2,1-6H3. The van der Waals surface area contributed by atoms with Crippen LogP contribution in [0.5, 0.6) is 0 Å². The second-order valence-electron chi connectivity index (χ2n) is 6.01. The van der Waals surface area contributed by atoms with Crippen LogP contribution < -0.4 is 0 Å². The second-order valence-corrected chi connectivity index (χ2v) is 11.4. The van der Waals surface area contributed by atoms with Crippen LogP contribution in [-0.2, 0) is 29.1 Å².